The van der Waals surface area contributed by atoms with Crippen molar-refractivity contribution >= 4 is 17.5 Å². The summed E-state index contributed by atoms with van der Waals surface area (Å²) in [7, 11) is 1.27. The van der Waals surface area contributed by atoms with Crippen LogP contribution in [0.4, 0.5) is 32.0 Å². The fourth-order valence-corrected chi connectivity index (χ4v) is 3.11. The van der Waals surface area contributed by atoms with E-state index in [0.29, 0.717) is 13.0 Å². The van der Waals surface area contributed by atoms with E-state index in [1.165, 1.54) is 24.1 Å². The Labute approximate surface area is 163 Å². The van der Waals surface area contributed by atoms with Gasteiger partial charge < -0.3 is 10.2 Å². The minimum Gasteiger partial charge on any atom is -0.335 e. The number of anilines is 1. The van der Waals surface area contributed by atoms with Crippen LogP contribution in [-0.2, 0) is 15.8 Å². The molecule has 162 valence electrons. The molecule has 1 heterocycles. The number of para-hydroxylation sites is 1. The van der Waals surface area contributed by atoms with Crippen molar-refractivity contribution in [2.24, 2.45) is 5.92 Å². The van der Waals surface area contributed by atoms with E-state index in [1.54, 1.807) is 0 Å². The number of alkyl halides is 6. The first kappa shape index (κ1) is 23.0. The van der Waals surface area contributed by atoms with Gasteiger partial charge in [0.25, 0.3) is 0 Å². The van der Waals surface area contributed by atoms with Gasteiger partial charge in [0, 0.05) is 13.6 Å². The number of hydrogen-bond acceptors (Lipinski definition) is 3. The van der Waals surface area contributed by atoms with Crippen LogP contribution in [-0.4, -0.2) is 61.0 Å². The smallest absolute Gasteiger partial charge is 0.335 e. The van der Waals surface area contributed by atoms with Gasteiger partial charge in [0.2, 0.25) is 11.8 Å². The predicted octanol–water partition coefficient (Wildman–Crippen LogP) is 3.38. The molecule has 1 aromatic carbocycles. The van der Waals surface area contributed by atoms with E-state index in [9.17, 15) is 35.9 Å². The number of halogens is 6. The second kappa shape index (κ2) is 9.02. The molecule has 0 radical (unpaired) electrons. The second-order valence-electron chi connectivity index (χ2n) is 6.96. The molecule has 11 heteroatoms. The van der Waals surface area contributed by atoms with Crippen LogP contribution in [0, 0.1) is 5.92 Å². The highest BCUT2D eigenvalue weighted by Crippen LogP contribution is 2.35. The number of carbonyl (C=O) groups is 2. The maximum atomic E-state index is 13.0. The number of benzene rings is 1. The van der Waals surface area contributed by atoms with Gasteiger partial charge in [-0.2, -0.15) is 26.3 Å². The van der Waals surface area contributed by atoms with Crippen molar-refractivity contribution in [2.75, 3.05) is 38.5 Å². The summed E-state index contributed by atoms with van der Waals surface area (Å²) < 4.78 is 77.4. The number of amides is 2. The number of hydrogen-bond donors (Lipinski definition) is 1. The number of nitrogens with one attached hydrogen (secondary N) is 1. The summed E-state index contributed by atoms with van der Waals surface area (Å²) in [5, 5.41) is 2.12. The minimum atomic E-state index is -4.66. The Hall–Kier alpha value is -2.30. The summed E-state index contributed by atoms with van der Waals surface area (Å²) in [6.07, 6.45) is -8.69. The van der Waals surface area contributed by atoms with Crippen molar-refractivity contribution in [3.05, 3.63) is 29.8 Å². The number of likely N-dealkylation sites (N-methyl/N-ethyl adjacent to an activating group) is 1. The number of likely N-dealkylation sites (tertiary alicyclic amines) is 1. The first-order valence-corrected chi connectivity index (χ1v) is 8.87. The maximum absolute atomic E-state index is 13.0. The van der Waals surface area contributed by atoms with Crippen molar-refractivity contribution in [2.45, 2.75) is 25.2 Å². The molecule has 1 unspecified atom stereocenters. The van der Waals surface area contributed by atoms with Gasteiger partial charge in [-0.15, -0.1) is 0 Å². The lowest BCUT2D eigenvalue weighted by molar-refractivity contribution is -0.187. The highest BCUT2D eigenvalue weighted by atomic mass is 19.4. The normalized spacial score (nSPS) is 18.4. The predicted molar refractivity (Wildman–Crippen MR) is 92.9 cm³/mol. The molecular weight excluding hydrogens is 404 g/mol. The first-order valence-electron chi connectivity index (χ1n) is 8.87. The molecule has 2 rings (SSSR count). The lowest BCUT2D eigenvalue weighted by atomic mass is 9.97. The minimum absolute atomic E-state index is 0.00501. The molecule has 0 aromatic heterocycles. The number of carbonyl (C=O) groups excluding carboxylic acids is 2. The molecule has 1 atom stereocenters. The Morgan fingerprint density at radius 1 is 1.17 bits per heavy atom. The van der Waals surface area contributed by atoms with E-state index in [0.717, 1.165) is 17.0 Å². The molecule has 1 aromatic rings. The Kier molecular flexibility index (Phi) is 7.15. The number of nitrogens with zero attached hydrogens (tertiary/aromatic N) is 2. The van der Waals surface area contributed by atoms with Crippen LogP contribution in [0.5, 0.6) is 0 Å². The molecule has 2 amide bonds. The molecule has 1 fully saturated rings. The molecule has 0 spiro atoms. The molecule has 1 saturated heterocycles. The number of rotatable bonds is 5. The lowest BCUT2D eigenvalue weighted by Gasteiger charge is -2.34. The molecule has 1 N–H and O–H groups in total. The SMILES string of the molecule is CN(CC(=O)Nc1ccccc1C(F)(F)F)C(=O)CN1CCCC(C(F)(F)F)C1. The van der Waals surface area contributed by atoms with Gasteiger partial charge in [-0.05, 0) is 31.5 Å². The largest absolute Gasteiger partial charge is 0.418 e. The van der Waals surface area contributed by atoms with E-state index in [4.69, 9.17) is 0 Å². The number of piperidine rings is 1. The third-order valence-electron chi connectivity index (χ3n) is 4.64. The summed E-state index contributed by atoms with van der Waals surface area (Å²) in [5.74, 6) is -2.94. The van der Waals surface area contributed by atoms with E-state index in [-0.39, 0.29) is 19.5 Å². The van der Waals surface area contributed by atoms with Crippen molar-refractivity contribution in [3.8, 4) is 0 Å². The highest BCUT2D eigenvalue weighted by molar-refractivity contribution is 5.95. The zero-order chi connectivity index (χ0) is 21.8. The molecule has 1 aliphatic heterocycles. The average Bonchev–Trinajstić information content (AvgIpc) is 2.60. The van der Waals surface area contributed by atoms with Crippen LogP contribution >= 0.6 is 0 Å². The quantitative estimate of drug-likeness (QED) is 0.736. The summed E-state index contributed by atoms with van der Waals surface area (Å²) in [5.41, 5.74) is -1.45. The van der Waals surface area contributed by atoms with Gasteiger partial charge in [0.05, 0.1) is 30.3 Å². The summed E-state index contributed by atoms with van der Waals surface area (Å²) in [4.78, 5) is 26.6. The van der Waals surface area contributed by atoms with Crippen LogP contribution in [0.2, 0.25) is 0 Å². The Morgan fingerprint density at radius 3 is 2.45 bits per heavy atom. The monoisotopic (exact) mass is 425 g/mol. The van der Waals surface area contributed by atoms with Crippen LogP contribution in [0.25, 0.3) is 0 Å². The molecule has 0 bridgehead atoms. The molecule has 5 nitrogen and oxygen atoms in total. The summed E-state index contributed by atoms with van der Waals surface area (Å²) >= 11 is 0. The third-order valence-corrected chi connectivity index (χ3v) is 4.64. The Balaban J connectivity index is 1.91. The molecular formula is C18H21F6N3O2. The first-order chi connectivity index (χ1) is 13.4. The van der Waals surface area contributed by atoms with Crippen molar-refractivity contribution < 1.29 is 35.9 Å². The maximum Gasteiger partial charge on any atom is 0.418 e. The van der Waals surface area contributed by atoms with Crippen molar-refractivity contribution in [3.63, 3.8) is 0 Å². The fraction of sp³-hybridized carbons (Fsp3) is 0.556. The van der Waals surface area contributed by atoms with Gasteiger partial charge in [0.15, 0.2) is 0 Å². The van der Waals surface area contributed by atoms with Crippen molar-refractivity contribution in [1.82, 2.24) is 9.80 Å². The molecule has 29 heavy (non-hydrogen) atoms. The summed E-state index contributed by atoms with van der Waals surface area (Å²) in [6, 6.07) is 4.42. The molecule has 0 saturated carbocycles. The highest BCUT2D eigenvalue weighted by Gasteiger charge is 2.42. The van der Waals surface area contributed by atoms with Crippen LogP contribution in [0.15, 0.2) is 24.3 Å². The Morgan fingerprint density at radius 2 is 1.83 bits per heavy atom. The fourth-order valence-electron chi connectivity index (χ4n) is 3.11. The van der Waals surface area contributed by atoms with Crippen molar-refractivity contribution in [1.29, 1.82) is 0 Å². The van der Waals surface area contributed by atoms with Gasteiger partial charge in [0.1, 0.15) is 0 Å². The topological polar surface area (TPSA) is 52.7 Å². The van der Waals surface area contributed by atoms with Gasteiger partial charge in [-0.25, -0.2) is 0 Å². The van der Waals surface area contributed by atoms with Gasteiger partial charge >= 0.3 is 12.4 Å². The van der Waals surface area contributed by atoms with Crippen LogP contribution < -0.4 is 5.32 Å². The van der Waals surface area contributed by atoms with Crippen LogP contribution in [0.3, 0.4) is 0 Å². The van der Waals surface area contributed by atoms with Gasteiger partial charge in [-0.3, -0.25) is 14.5 Å². The molecule has 0 aliphatic carbocycles. The Bertz CT molecular complexity index is 735. The zero-order valence-electron chi connectivity index (χ0n) is 15.6. The van der Waals surface area contributed by atoms with E-state index >= 15 is 0 Å². The lowest BCUT2D eigenvalue weighted by Crippen LogP contribution is -2.47. The van der Waals surface area contributed by atoms with E-state index in [2.05, 4.69) is 5.32 Å². The molecule has 1 aliphatic rings. The van der Waals surface area contributed by atoms with E-state index < -0.39 is 47.9 Å². The van der Waals surface area contributed by atoms with E-state index in [1.807, 2.05) is 0 Å². The third kappa shape index (κ3) is 6.62. The van der Waals surface area contributed by atoms with Crippen LogP contribution in [0.1, 0.15) is 18.4 Å². The standard InChI is InChI=1S/C18H21F6N3O2/c1-26(16(29)11-27-8-4-5-12(9-27)17(19,20)21)10-15(28)25-14-7-3-2-6-13(14)18(22,23)24/h2-3,6-7,12H,4-5,8-11H2,1H3,(H,25,28). The summed E-state index contributed by atoms with van der Waals surface area (Å²) in [6.45, 7) is -0.789. The van der Waals surface area contributed by atoms with Gasteiger partial charge in [-0.1, -0.05) is 12.1 Å². The average molecular weight is 425 g/mol. The second-order valence-corrected chi connectivity index (χ2v) is 6.96. The zero-order valence-corrected chi connectivity index (χ0v) is 15.6.